The normalized spacial score (nSPS) is 11.3. The molecule has 3 rings (SSSR count). The number of amides is 2. The van der Waals surface area contributed by atoms with Gasteiger partial charge in [-0.2, -0.15) is 0 Å². The number of hydrogen-bond acceptors (Lipinski definition) is 4. The molecule has 154 valence electrons. The van der Waals surface area contributed by atoms with E-state index < -0.39 is 6.04 Å². The molecule has 3 aromatic rings. The molecule has 6 nitrogen and oxygen atoms in total. The maximum atomic E-state index is 12.8. The number of carbonyl (C=O) groups excluding carboxylic acids is 2. The van der Waals surface area contributed by atoms with E-state index in [4.69, 9.17) is 9.47 Å². The Labute approximate surface area is 175 Å². The minimum atomic E-state index is -0.490. The minimum absolute atomic E-state index is 0.0585. The van der Waals surface area contributed by atoms with E-state index in [2.05, 4.69) is 10.6 Å². The topological polar surface area (TPSA) is 76.7 Å². The standard InChI is InChI=1S/C24H24N2O4/c1-29-19-13-14-22(30-2)21(15-19)25-23(27)16-20(17-9-5-3-6-10-17)26-24(28)18-11-7-4-8-12-18/h3-15,20H,16H2,1-2H3,(H,25,27)(H,26,28)/t20-/m0/s1. The Hall–Kier alpha value is -3.80. The first kappa shape index (κ1) is 20.9. The first-order valence-electron chi connectivity index (χ1n) is 9.53. The Morgan fingerprint density at radius 3 is 2.17 bits per heavy atom. The average molecular weight is 404 g/mol. The van der Waals surface area contributed by atoms with E-state index in [1.54, 1.807) is 49.6 Å². The summed E-state index contributed by atoms with van der Waals surface area (Å²) in [6, 6.07) is 23.0. The molecule has 0 aliphatic heterocycles. The quantitative estimate of drug-likeness (QED) is 0.590. The van der Waals surface area contributed by atoms with Crippen LogP contribution >= 0.6 is 0 Å². The van der Waals surface area contributed by atoms with Crippen molar-refractivity contribution in [3.8, 4) is 11.5 Å². The van der Waals surface area contributed by atoms with Crippen LogP contribution in [0.2, 0.25) is 0 Å². The number of methoxy groups -OCH3 is 2. The Balaban J connectivity index is 1.78. The number of rotatable bonds is 8. The summed E-state index contributed by atoms with van der Waals surface area (Å²) in [6.07, 6.45) is 0.0585. The Morgan fingerprint density at radius 1 is 0.867 bits per heavy atom. The summed E-state index contributed by atoms with van der Waals surface area (Å²) in [5.41, 5.74) is 1.88. The average Bonchev–Trinajstić information content (AvgIpc) is 2.79. The van der Waals surface area contributed by atoms with Crippen molar-refractivity contribution in [2.45, 2.75) is 12.5 Å². The predicted molar refractivity (Wildman–Crippen MR) is 116 cm³/mol. The lowest BCUT2D eigenvalue weighted by molar-refractivity contribution is -0.116. The van der Waals surface area contributed by atoms with Crippen molar-refractivity contribution in [3.63, 3.8) is 0 Å². The van der Waals surface area contributed by atoms with E-state index in [9.17, 15) is 9.59 Å². The smallest absolute Gasteiger partial charge is 0.251 e. The molecule has 0 aromatic heterocycles. The zero-order chi connectivity index (χ0) is 21.3. The van der Waals surface area contributed by atoms with E-state index in [1.165, 1.54) is 7.11 Å². The van der Waals surface area contributed by atoms with Crippen LogP contribution < -0.4 is 20.1 Å². The van der Waals surface area contributed by atoms with Gasteiger partial charge in [-0.05, 0) is 29.8 Å². The summed E-state index contributed by atoms with van der Waals surface area (Å²) in [7, 11) is 3.09. The molecule has 0 radical (unpaired) electrons. The number of anilines is 1. The van der Waals surface area contributed by atoms with E-state index in [0.29, 0.717) is 22.7 Å². The minimum Gasteiger partial charge on any atom is -0.497 e. The van der Waals surface area contributed by atoms with Crippen molar-refractivity contribution >= 4 is 17.5 Å². The highest BCUT2D eigenvalue weighted by atomic mass is 16.5. The summed E-state index contributed by atoms with van der Waals surface area (Å²) in [5, 5.41) is 5.82. The summed E-state index contributed by atoms with van der Waals surface area (Å²) >= 11 is 0. The highest BCUT2D eigenvalue weighted by Crippen LogP contribution is 2.29. The van der Waals surface area contributed by atoms with Crippen LogP contribution in [0, 0.1) is 0 Å². The van der Waals surface area contributed by atoms with Crippen LogP contribution in [0.3, 0.4) is 0 Å². The number of nitrogens with one attached hydrogen (secondary N) is 2. The maximum absolute atomic E-state index is 12.8. The molecule has 0 unspecified atom stereocenters. The van der Waals surface area contributed by atoms with Gasteiger partial charge >= 0.3 is 0 Å². The van der Waals surface area contributed by atoms with Crippen molar-refractivity contribution in [1.82, 2.24) is 5.32 Å². The van der Waals surface area contributed by atoms with E-state index >= 15 is 0 Å². The number of carbonyl (C=O) groups is 2. The first-order chi connectivity index (χ1) is 14.6. The van der Waals surface area contributed by atoms with E-state index in [1.807, 2.05) is 36.4 Å². The Morgan fingerprint density at radius 2 is 1.53 bits per heavy atom. The molecule has 30 heavy (non-hydrogen) atoms. The molecule has 2 N–H and O–H groups in total. The summed E-state index contributed by atoms with van der Waals surface area (Å²) in [5.74, 6) is 0.622. The third-order valence-corrected chi connectivity index (χ3v) is 4.61. The SMILES string of the molecule is COc1ccc(OC)c(NC(=O)C[C@H](NC(=O)c2ccccc2)c2ccccc2)c1. The van der Waals surface area contributed by atoms with Crippen LogP contribution in [0.25, 0.3) is 0 Å². The van der Waals surface area contributed by atoms with E-state index in [-0.39, 0.29) is 18.2 Å². The highest BCUT2D eigenvalue weighted by molar-refractivity contribution is 5.96. The van der Waals surface area contributed by atoms with Crippen molar-refractivity contribution in [3.05, 3.63) is 90.0 Å². The van der Waals surface area contributed by atoms with Crippen LogP contribution in [-0.4, -0.2) is 26.0 Å². The Bertz CT molecular complexity index is 991. The Kier molecular flexibility index (Phi) is 7.05. The van der Waals surface area contributed by atoms with Gasteiger partial charge in [0, 0.05) is 11.6 Å². The van der Waals surface area contributed by atoms with Crippen LogP contribution in [0.1, 0.15) is 28.4 Å². The maximum Gasteiger partial charge on any atom is 0.251 e. The number of benzene rings is 3. The van der Waals surface area contributed by atoms with Crippen LogP contribution in [0.5, 0.6) is 11.5 Å². The fourth-order valence-corrected chi connectivity index (χ4v) is 3.07. The molecule has 0 bridgehead atoms. The lowest BCUT2D eigenvalue weighted by Crippen LogP contribution is -2.31. The molecule has 0 saturated carbocycles. The summed E-state index contributed by atoms with van der Waals surface area (Å²) in [6.45, 7) is 0. The molecule has 0 spiro atoms. The van der Waals surface area contributed by atoms with Crippen molar-refractivity contribution < 1.29 is 19.1 Å². The van der Waals surface area contributed by atoms with Gasteiger partial charge in [0.25, 0.3) is 5.91 Å². The second-order valence-electron chi connectivity index (χ2n) is 6.62. The lowest BCUT2D eigenvalue weighted by atomic mass is 10.0. The third kappa shape index (κ3) is 5.38. The van der Waals surface area contributed by atoms with Gasteiger partial charge in [-0.3, -0.25) is 9.59 Å². The van der Waals surface area contributed by atoms with Gasteiger partial charge in [-0.1, -0.05) is 48.5 Å². The molecule has 1 atom stereocenters. The fourth-order valence-electron chi connectivity index (χ4n) is 3.07. The van der Waals surface area contributed by atoms with Gasteiger partial charge in [-0.15, -0.1) is 0 Å². The van der Waals surface area contributed by atoms with Gasteiger partial charge < -0.3 is 20.1 Å². The molecule has 0 fully saturated rings. The van der Waals surface area contributed by atoms with Crippen LogP contribution in [-0.2, 0) is 4.79 Å². The molecular weight excluding hydrogens is 380 g/mol. The zero-order valence-electron chi connectivity index (χ0n) is 16.9. The summed E-state index contributed by atoms with van der Waals surface area (Å²) in [4.78, 5) is 25.5. The molecule has 0 aliphatic rings. The molecule has 2 amide bonds. The van der Waals surface area contributed by atoms with Crippen molar-refractivity contribution in [2.24, 2.45) is 0 Å². The van der Waals surface area contributed by atoms with Gasteiger partial charge in [0.05, 0.1) is 32.4 Å². The number of ether oxygens (including phenoxy) is 2. The number of hydrogen-bond donors (Lipinski definition) is 2. The van der Waals surface area contributed by atoms with Crippen LogP contribution in [0.4, 0.5) is 5.69 Å². The molecule has 3 aromatic carbocycles. The molecular formula is C24H24N2O4. The van der Waals surface area contributed by atoms with Gasteiger partial charge in [0.1, 0.15) is 11.5 Å². The largest absolute Gasteiger partial charge is 0.497 e. The van der Waals surface area contributed by atoms with Gasteiger partial charge in [-0.25, -0.2) is 0 Å². The lowest BCUT2D eigenvalue weighted by Gasteiger charge is -2.20. The van der Waals surface area contributed by atoms with Gasteiger partial charge in [0.15, 0.2) is 0 Å². The van der Waals surface area contributed by atoms with Crippen LogP contribution in [0.15, 0.2) is 78.9 Å². The monoisotopic (exact) mass is 404 g/mol. The molecule has 6 heteroatoms. The first-order valence-corrected chi connectivity index (χ1v) is 9.53. The highest BCUT2D eigenvalue weighted by Gasteiger charge is 2.20. The van der Waals surface area contributed by atoms with Crippen molar-refractivity contribution in [2.75, 3.05) is 19.5 Å². The van der Waals surface area contributed by atoms with Gasteiger partial charge in [0.2, 0.25) is 5.91 Å². The van der Waals surface area contributed by atoms with E-state index in [0.717, 1.165) is 5.56 Å². The summed E-state index contributed by atoms with van der Waals surface area (Å²) < 4.78 is 10.5. The molecule has 0 saturated heterocycles. The third-order valence-electron chi connectivity index (χ3n) is 4.61. The zero-order valence-corrected chi connectivity index (χ0v) is 16.9. The predicted octanol–water partition coefficient (Wildman–Crippen LogP) is 4.20. The molecule has 0 aliphatic carbocycles. The second kappa shape index (κ2) is 10.1. The molecule has 0 heterocycles. The second-order valence-corrected chi connectivity index (χ2v) is 6.62. The fraction of sp³-hybridized carbons (Fsp3) is 0.167. The van der Waals surface area contributed by atoms with Crippen molar-refractivity contribution in [1.29, 1.82) is 0 Å².